The first kappa shape index (κ1) is 52.8. The molecule has 2 aromatic heterocycles. The molecule has 6 N–H and O–H groups in total. The summed E-state index contributed by atoms with van der Waals surface area (Å²) < 4.78 is 12.9. The van der Waals surface area contributed by atoms with Gasteiger partial charge in [0, 0.05) is 78.2 Å². The Bertz CT molecular complexity index is 2740. The largest absolute Gasteiger partial charge is 0.381 e. The average Bonchev–Trinajstić information content (AvgIpc) is 3.75. The fourth-order valence-electron chi connectivity index (χ4n) is 6.92. The number of nitrogens with one attached hydrogen (secondary N) is 6. The maximum absolute atomic E-state index is 14.6. The second-order valence-corrected chi connectivity index (χ2v) is 17.9. The van der Waals surface area contributed by atoms with Gasteiger partial charge in [-0.2, -0.15) is 0 Å². The predicted octanol–water partition coefficient (Wildman–Crippen LogP) is 11.0. The van der Waals surface area contributed by atoms with Crippen molar-refractivity contribution in [2.45, 2.75) is 58.8 Å². The van der Waals surface area contributed by atoms with E-state index in [4.69, 9.17) is 79.1 Å². The molecule has 0 atom stereocenters. The molecule has 22 heteroatoms. The van der Waals surface area contributed by atoms with Crippen LogP contribution in [0.15, 0.2) is 82.4 Å². The third kappa shape index (κ3) is 13.8. The first-order valence-electron chi connectivity index (χ1n) is 21.6. The van der Waals surface area contributed by atoms with Gasteiger partial charge >= 0.3 is 0 Å². The van der Waals surface area contributed by atoms with E-state index in [0.717, 1.165) is 22.2 Å². The van der Waals surface area contributed by atoms with Crippen LogP contribution in [-0.4, -0.2) is 69.6 Å². The van der Waals surface area contributed by atoms with Crippen LogP contribution < -0.4 is 32.4 Å². The van der Waals surface area contributed by atoms with Gasteiger partial charge in [0.25, 0.3) is 22.9 Å². The molecule has 0 spiro atoms. The molecule has 0 fully saturated rings. The number of H-pyrrole nitrogens is 2. The summed E-state index contributed by atoms with van der Waals surface area (Å²) in [5, 5.41) is 16.9. The summed E-state index contributed by atoms with van der Waals surface area (Å²) in [5.74, 6) is -2.40. The third-order valence-corrected chi connectivity index (χ3v) is 11.7. The standard InChI is InChI=1S/C47H46Cl6N8O8/c1-3-15-68-17-7-13-38(62)54-30-11-5-9-26(19-30)44(64)56-42-32(46(66)60(58-42)40-34(50)21-28(48)22-35(40)51)25-33-43(59-61(47(33)67)41-36(52)23-29(49)24-37(41)53)57-45(65)27-10-6-12-31(20-27)55-39(63)14-8-18-69-16-4-2/h5-6,9-12,19-24,58-59H,3-4,7-8,13-18,25H2,1-2H3,(H,54,62)(H,55,63)(H,56,64)(H,57,65). The predicted molar refractivity (Wildman–Crippen MR) is 272 cm³/mol. The molecule has 2 heterocycles. The van der Waals surface area contributed by atoms with Gasteiger partial charge in [-0.25, -0.2) is 9.36 Å². The number of ether oxygens (including phenoxy) is 2. The third-order valence-electron chi connectivity index (χ3n) is 10.1. The van der Waals surface area contributed by atoms with Gasteiger partial charge in [-0.3, -0.25) is 39.0 Å². The quantitative estimate of drug-likeness (QED) is 0.0359. The first-order valence-corrected chi connectivity index (χ1v) is 23.9. The van der Waals surface area contributed by atoms with Crippen LogP contribution >= 0.6 is 69.6 Å². The topological polar surface area (TPSA) is 210 Å². The van der Waals surface area contributed by atoms with Gasteiger partial charge in [-0.15, -0.1) is 0 Å². The fourth-order valence-corrected chi connectivity index (χ4v) is 8.90. The number of anilines is 4. The van der Waals surface area contributed by atoms with Crippen LogP contribution in [0.2, 0.25) is 30.1 Å². The van der Waals surface area contributed by atoms with Crippen molar-refractivity contribution in [3.63, 3.8) is 0 Å². The molecule has 0 aliphatic rings. The number of hydrogen-bond acceptors (Lipinski definition) is 8. The Morgan fingerprint density at radius 2 is 0.913 bits per heavy atom. The summed E-state index contributed by atoms with van der Waals surface area (Å²) in [7, 11) is 0. The Balaban J connectivity index is 1.38. The van der Waals surface area contributed by atoms with E-state index in [9.17, 15) is 28.8 Å². The van der Waals surface area contributed by atoms with Gasteiger partial charge < -0.3 is 30.7 Å². The second kappa shape index (κ2) is 24.8. The zero-order chi connectivity index (χ0) is 49.8. The molecule has 6 rings (SSSR count). The minimum Gasteiger partial charge on any atom is -0.381 e. The van der Waals surface area contributed by atoms with Crippen molar-refractivity contribution in [3.8, 4) is 11.4 Å². The van der Waals surface area contributed by atoms with Crippen LogP contribution in [0.4, 0.5) is 23.0 Å². The molecule has 0 saturated carbocycles. The molecular formula is C47H46Cl6N8O8. The number of carbonyl (C=O) groups excluding carboxylic acids is 4. The van der Waals surface area contributed by atoms with Crippen LogP contribution in [0, 0.1) is 0 Å². The van der Waals surface area contributed by atoms with Crippen LogP contribution in [-0.2, 0) is 25.5 Å². The van der Waals surface area contributed by atoms with Gasteiger partial charge in [0.1, 0.15) is 23.0 Å². The molecule has 0 radical (unpaired) electrons. The van der Waals surface area contributed by atoms with Crippen molar-refractivity contribution >= 4 is 116 Å². The van der Waals surface area contributed by atoms with Crippen LogP contribution in [0.5, 0.6) is 0 Å². The van der Waals surface area contributed by atoms with E-state index in [2.05, 4.69) is 31.5 Å². The van der Waals surface area contributed by atoms with Crippen LogP contribution in [0.1, 0.15) is 84.2 Å². The van der Waals surface area contributed by atoms with Gasteiger partial charge in [-0.1, -0.05) is 95.6 Å². The molecule has 364 valence electrons. The lowest BCUT2D eigenvalue weighted by Gasteiger charge is -2.10. The molecule has 0 aliphatic carbocycles. The molecular weight excluding hydrogens is 1020 g/mol. The number of amides is 4. The SMILES string of the molecule is CCCOCCCC(=O)Nc1cccc(C(=O)Nc2[nH]n(-c3c(Cl)cc(Cl)cc3Cl)c(=O)c2Cc2c(NC(=O)c3cccc(NC(=O)CCCOCCC)c3)[nH]n(-c3c(Cl)cc(Cl)cc3Cl)c2=O)c1. The fraction of sp³-hybridized carbons (Fsp3) is 0.277. The highest BCUT2D eigenvalue weighted by Gasteiger charge is 2.27. The lowest BCUT2D eigenvalue weighted by Crippen LogP contribution is -2.22. The van der Waals surface area contributed by atoms with Crippen molar-refractivity contribution in [2.75, 3.05) is 47.7 Å². The van der Waals surface area contributed by atoms with Crippen molar-refractivity contribution in [2.24, 2.45) is 0 Å². The van der Waals surface area contributed by atoms with E-state index in [-0.39, 0.29) is 100 Å². The number of hydrogen-bond donors (Lipinski definition) is 6. The Hall–Kier alpha value is -5.56. The molecule has 4 aromatic carbocycles. The molecule has 0 aliphatic heterocycles. The van der Waals surface area contributed by atoms with E-state index in [1.807, 2.05) is 13.8 Å². The first-order chi connectivity index (χ1) is 33.1. The van der Waals surface area contributed by atoms with Crippen LogP contribution in [0.25, 0.3) is 11.4 Å². The van der Waals surface area contributed by atoms with E-state index in [0.29, 0.717) is 50.6 Å². The molecule has 6 aromatic rings. The maximum Gasteiger partial charge on any atom is 0.277 e. The van der Waals surface area contributed by atoms with Gasteiger partial charge in [0.05, 0.1) is 31.2 Å². The molecule has 16 nitrogen and oxygen atoms in total. The second-order valence-electron chi connectivity index (χ2n) is 15.4. The minimum atomic E-state index is -0.812. The number of carbonyl (C=O) groups is 4. The summed E-state index contributed by atoms with van der Waals surface area (Å²) in [4.78, 5) is 82.7. The number of halogens is 6. The lowest BCUT2D eigenvalue weighted by molar-refractivity contribution is -0.117. The molecule has 0 saturated heterocycles. The Kier molecular flexibility index (Phi) is 19.0. The average molecular weight is 1060 g/mol. The highest BCUT2D eigenvalue weighted by atomic mass is 35.5. The zero-order valence-electron chi connectivity index (χ0n) is 37.1. The number of aromatic amines is 2. The number of rotatable bonds is 22. The smallest absolute Gasteiger partial charge is 0.277 e. The van der Waals surface area contributed by atoms with Crippen molar-refractivity contribution in [3.05, 3.63) is 146 Å². The number of aromatic nitrogens is 4. The maximum atomic E-state index is 14.6. The summed E-state index contributed by atoms with van der Waals surface area (Å²) >= 11 is 38.8. The monoisotopic (exact) mass is 1060 g/mol. The summed E-state index contributed by atoms with van der Waals surface area (Å²) in [6, 6.07) is 17.7. The normalized spacial score (nSPS) is 11.1. The number of benzene rings is 4. The highest BCUT2D eigenvalue weighted by molar-refractivity contribution is 6.41. The van der Waals surface area contributed by atoms with Gasteiger partial charge in [0.2, 0.25) is 11.8 Å². The Labute approximate surface area is 425 Å². The van der Waals surface area contributed by atoms with Gasteiger partial charge in [0.15, 0.2) is 0 Å². The lowest BCUT2D eigenvalue weighted by atomic mass is 10.1. The highest BCUT2D eigenvalue weighted by Crippen LogP contribution is 2.34. The molecule has 69 heavy (non-hydrogen) atoms. The number of nitrogens with zero attached hydrogens (tertiary/aromatic N) is 2. The summed E-state index contributed by atoms with van der Waals surface area (Å²) in [6.07, 6.45) is 2.54. The van der Waals surface area contributed by atoms with Crippen molar-refractivity contribution < 1.29 is 28.7 Å². The van der Waals surface area contributed by atoms with Crippen LogP contribution in [0.3, 0.4) is 0 Å². The molecule has 0 unspecified atom stereocenters. The Morgan fingerprint density at radius 3 is 1.28 bits per heavy atom. The van der Waals surface area contributed by atoms with E-state index < -0.39 is 29.4 Å². The Morgan fingerprint density at radius 1 is 0.536 bits per heavy atom. The van der Waals surface area contributed by atoms with E-state index in [1.54, 1.807) is 24.3 Å². The minimum absolute atomic E-state index is 0.0316. The molecule has 0 bridgehead atoms. The van der Waals surface area contributed by atoms with Crippen molar-refractivity contribution in [1.82, 2.24) is 19.6 Å². The van der Waals surface area contributed by atoms with Gasteiger partial charge in [-0.05, 0) is 86.3 Å². The summed E-state index contributed by atoms with van der Waals surface area (Å²) in [6.45, 7) is 6.02. The summed E-state index contributed by atoms with van der Waals surface area (Å²) in [5.41, 5.74) is -1.24. The molecule has 4 amide bonds. The van der Waals surface area contributed by atoms with Crippen molar-refractivity contribution in [1.29, 1.82) is 0 Å². The van der Waals surface area contributed by atoms with E-state index >= 15 is 0 Å². The van der Waals surface area contributed by atoms with E-state index in [1.165, 1.54) is 48.5 Å². The zero-order valence-corrected chi connectivity index (χ0v) is 41.7.